The number of aliphatic hydroxyl groups is 1. The molecule has 0 bridgehead atoms. The molecule has 1 aliphatic rings. The first-order chi connectivity index (χ1) is 16.6. The number of hydrogen-bond acceptors (Lipinski definition) is 2. The minimum atomic E-state index is -5.01. The second-order valence-electron chi connectivity index (χ2n) is 9.13. The molecule has 198 valence electrons. The van der Waals surface area contributed by atoms with Gasteiger partial charge in [-0.3, -0.25) is 0 Å². The molecular weight excluding hydrogens is 493 g/mol. The highest BCUT2D eigenvalue weighted by molar-refractivity contribution is 5.75. The molecule has 2 aromatic rings. The summed E-state index contributed by atoms with van der Waals surface area (Å²) in [4.78, 5) is 16.1. The Bertz CT molecular complexity index is 1070. The van der Waals surface area contributed by atoms with E-state index < -0.39 is 47.4 Å². The molecule has 0 saturated carbocycles. The Kier molecular flexibility index (Phi) is 7.92. The third kappa shape index (κ3) is 5.77. The van der Waals surface area contributed by atoms with Crippen molar-refractivity contribution in [2.24, 2.45) is 5.92 Å². The average Bonchev–Trinajstić information content (AvgIpc) is 2.81. The van der Waals surface area contributed by atoms with E-state index in [1.807, 2.05) is 0 Å². The molecule has 4 nitrogen and oxygen atoms in total. The Hall–Kier alpha value is -2.82. The maximum Gasteiger partial charge on any atom is 0.416 e. The topological polar surface area (TPSA) is 43.8 Å². The number of hydrogen-bond donors (Lipinski definition) is 1. The maximum absolute atomic E-state index is 13.7. The van der Waals surface area contributed by atoms with Gasteiger partial charge in [0.25, 0.3) is 0 Å². The molecule has 36 heavy (non-hydrogen) atoms. The Morgan fingerprint density at radius 2 is 1.67 bits per heavy atom. The maximum atomic E-state index is 13.7. The summed E-state index contributed by atoms with van der Waals surface area (Å²) in [5.74, 6) is -0.845. The van der Waals surface area contributed by atoms with Gasteiger partial charge in [0.1, 0.15) is 5.82 Å². The highest BCUT2D eigenvalue weighted by Crippen LogP contribution is 2.41. The molecule has 1 N–H and O–H groups in total. The first kappa shape index (κ1) is 27.8. The smallest absolute Gasteiger partial charge is 0.396 e. The fourth-order valence-corrected chi connectivity index (χ4v) is 4.69. The van der Waals surface area contributed by atoms with Gasteiger partial charge < -0.3 is 14.9 Å². The quantitative estimate of drug-likeness (QED) is 0.455. The monoisotopic (exact) mass is 520 g/mol. The summed E-state index contributed by atoms with van der Waals surface area (Å²) >= 11 is 0. The van der Waals surface area contributed by atoms with Crippen molar-refractivity contribution in [3.8, 4) is 0 Å². The Morgan fingerprint density at radius 1 is 1.08 bits per heavy atom. The number of urea groups is 1. The third-order valence-corrected chi connectivity index (χ3v) is 6.76. The van der Waals surface area contributed by atoms with E-state index in [2.05, 4.69) is 0 Å². The van der Waals surface area contributed by atoms with Gasteiger partial charge in [-0.15, -0.1) is 0 Å². The number of aliphatic hydroxyl groups excluding tert-OH is 1. The molecule has 0 spiro atoms. The molecule has 3 atom stereocenters. The Labute approximate surface area is 204 Å². The minimum Gasteiger partial charge on any atom is -0.396 e. The minimum absolute atomic E-state index is 0.0435. The van der Waals surface area contributed by atoms with Crippen molar-refractivity contribution in [2.75, 3.05) is 20.2 Å². The molecule has 2 aromatic carbocycles. The molecule has 2 amide bonds. The lowest BCUT2D eigenvalue weighted by Gasteiger charge is -2.44. The van der Waals surface area contributed by atoms with E-state index in [0.29, 0.717) is 36.1 Å². The van der Waals surface area contributed by atoms with Crippen LogP contribution in [0.5, 0.6) is 0 Å². The number of halogens is 7. The van der Waals surface area contributed by atoms with E-state index in [9.17, 15) is 40.6 Å². The zero-order chi connectivity index (χ0) is 27.0. The number of piperidine rings is 1. The predicted octanol–water partition coefficient (Wildman–Crippen LogP) is 6.73. The molecule has 0 radical (unpaired) electrons. The molecule has 0 aliphatic carbocycles. The van der Waals surface area contributed by atoms with Gasteiger partial charge in [0.05, 0.1) is 23.2 Å². The van der Waals surface area contributed by atoms with Crippen molar-refractivity contribution < 1.29 is 40.6 Å². The summed E-state index contributed by atoms with van der Waals surface area (Å²) in [7, 11) is 1.30. The van der Waals surface area contributed by atoms with Crippen LogP contribution in [0, 0.1) is 18.7 Å². The lowest BCUT2D eigenvalue weighted by atomic mass is 9.83. The van der Waals surface area contributed by atoms with Crippen LogP contribution in [-0.4, -0.2) is 41.1 Å². The number of aryl methyl sites for hydroxylation is 1. The van der Waals surface area contributed by atoms with Crippen LogP contribution in [0.3, 0.4) is 0 Å². The van der Waals surface area contributed by atoms with E-state index in [1.54, 1.807) is 6.92 Å². The van der Waals surface area contributed by atoms with Gasteiger partial charge in [0.15, 0.2) is 0 Å². The number of nitrogens with zero attached hydrogens (tertiary/aromatic N) is 2. The van der Waals surface area contributed by atoms with Crippen molar-refractivity contribution in [3.63, 3.8) is 0 Å². The standard InChI is InChI=1S/C25H27F7N2O2/c1-14-9-20(26)6-7-21(14)22-16(13-35)5-4-8-34(22)23(36)33(3)15(2)17-10-18(24(27,28)29)12-19(11-17)25(30,31)32/h6-7,9-12,15-16,22,35H,4-5,8,13H2,1-3H3/t15-,16+,22-/m1/s1. The number of likely N-dealkylation sites (tertiary alicyclic amines) is 1. The molecule has 1 heterocycles. The predicted molar refractivity (Wildman–Crippen MR) is 118 cm³/mol. The lowest BCUT2D eigenvalue weighted by molar-refractivity contribution is -0.143. The number of carbonyl (C=O) groups excluding carboxylic acids is 1. The van der Waals surface area contributed by atoms with Crippen molar-refractivity contribution >= 4 is 6.03 Å². The van der Waals surface area contributed by atoms with E-state index in [0.717, 1.165) is 4.90 Å². The molecule has 1 fully saturated rings. The van der Waals surface area contributed by atoms with Crippen LogP contribution in [0.15, 0.2) is 36.4 Å². The number of alkyl halides is 6. The van der Waals surface area contributed by atoms with Gasteiger partial charge in [0, 0.05) is 26.1 Å². The van der Waals surface area contributed by atoms with Gasteiger partial charge in [0.2, 0.25) is 0 Å². The summed E-state index contributed by atoms with van der Waals surface area (Å²) in [5, 5.41) is 9.97. The van der Waals surface area contributed by atoms with Gasteiger partial charge in [-0.05, 0) is 73.7 Å². The van der Waals surface area contributed by atoms with Gasteiger partial charge >= 0.3 is 18.4 Å². The second-order valence-corrected chi connectivity index (χ2v) is 9.13. The highest BCUT2D eigenvalue weighted by Gasteiger charge is 2.40. The van der Waals surface area contributed by atoms with Crippen LogP contribution in [-0.2, 0) is 12.4 Å². The molecule has 1 aliphatic heterocycles. The fourth-order valence-electron chi connectivity index (χ4n) is 4.69. The summed E-state index contributed by atoms with van der Waals surface area (Å²) in [6.45, 7) is 3.01. The van der Waals surface area contributed by atoms with Crippen molar-refractivity contribution in [1.29, 1.82) is 0 Å². The summed E-state index contributed by atoms with van der Waals surface area (Å²) < 4.78 is 93.7. The van der Waals surface area contributed by atoms with Crippen molar-refractivity contribution in [3.05, 3.63) is 70.0 Å². The van der Waals surface area contributed by atoms with Crippen LogP contribution >= 0.6 is 0 Å². The van der Waals surface area contributed by atoms with Crippen molar-refractivity contribution in [2.45, 2.75) is 51.1 Å². The Morgan fingerprint density at radius 3 is 2.17 bits per heavy atom. The summed E-state index contributed by atoms with van der Waals surface area (Å²) in [6.07, 6.45) is -8.89. The van der Waals surface area contributed by atoms with Crippen LogP contribution in [0.25, 0.3) is 0 Å². The van der Waals surface area contributed by atoms with E-state index in [4.69, 9.17) is 0 Å². The molecular formula is C25H27F7N2O2. The molecule has 11 heteroatoms. The second kappa shape index (κ2) is 10.3. The molecule has 3 rings (SSSR count). The Balaban J connectivity index is 1.99. The third-order valence-electron chi connectivity index (χ3n) is 6.76. The molecule has 0 aromatic heterocycles. The molecule has 0 unspecified atom stereocenters. The van der Waals surface area contributed by atoms with Gasteiger partial charge in [-0.2, -0.15) is 26.3 Å². The average molecular weight is 520 g/mol. The first-order valence-electron chi connectivity index (χ1n) is 11.3. The van der Waals surface area contributed by atoms with E-state index in [1.165, 1.54) is 37.1 Å². The fraction of sp³-hybridized carbons (Fsp3) is 0.480. The zero-order valence-corrected chi connectivity index (χ0v) is 19.9. The highest BCUT2D eigenvalue weighted by atomic mass is 19.4. The summed E-state index contributed by atoms with van der Waals surface area (Å²) in [5.41, 5.74) is -2.07. The number of carbonyl (C=O) groups is 1. The molecule has 1 saturated heterocycles. The number of rotatable bonds is 4. The van der Waals surface area contributed by atoms with Crippen LogP contribution in [0.1, 0.15) is 59.7 Å². The normalized spacial score (nSPS) is 19.8. The van der Waals surface area contributed by atoms with Crippen LogP contribution in [0.4, 0.5) is 35.5 Å². The summed E-state index contributed by atoms with van der Waals surface area (Å²) in [6, 6.07) is 2.92. The van der Waals surface area contributed by atoms with Gasteiger partial charge in [-0.1, -0.05) is 6.07 Å². The largest absolute Gasteiger partial charge is 0.416 e. The SMILES string of the molecule is Cc1cc(F)ccc1[C@H]1[C@H](CO)CCCN1C(=O)N(C)[C@H](C)c1cc(C(F)(F)F)cc(C(F)(F)F)c1. The number of benzene rings is 2. The van der Waals surface area contributed by atoms with Crippen LogP contribution < -0.4 is 0 Å². The van der Waals surface area contributed by atoms with E-state index in [-0.39, 0.29) is 30.7 Å². The first-order valence-corrected chi connectivity index (χ1v) is 11.3. The lowest BCUT2D eigenvalue weighted by Crippen LogP contribution is -2.49. The van der Waals surface area contributed by atoms with Crippen LogP contribution in [0.2, 0.25) is 0 Å². The van der Waals surface area contributed by atoms with E-state index >= 15 is 0 Å². The van der Waals surface area contributed by atoms with Crippen molar-refractivity contribution in [1.82, 2.24) is 9.80 Å². The zero-order valence-electron chi connectivity index (χ0n) is 19.9. The number of amides is 2. The van der Waals surface area contributed by atoms with Gasteiger partial charge in [-0.25, -0.2) is 9.18 Å².